The van der Waals surface area contributed by atoms with Crippen LogP contribution in [0.3, 0.4) is 0 Å². The van der Waals surface area contributed by atoms with E-state index in [2.05, 4.69) is 41.3 Å². The van der Waals surface area contributed by atoms with Gasteiger partial charge in [0.1, 0.15) is 0 Å². The van der Waals surface area contributed by atoms with Crippen LogP contribution in [0.4, 0.5) is 0 Å². The number of fused-ring (bicyclic) bond motifs is 1. The molecule has 1 heterocycles. The molecule has 0 fully saturated rings. The van der Waals surface area contributed by atoms with Crippen LogP contribution in [0.2, 0.25) is 0 Å². The van der Waals surface area contributed by atoms with Gasteiger partial charge in [-0.15, -0.1) is 0 Å². The highest BCUT2D eigenvalue weighted by atomic mass is 16.1. The topological polar surface area (TPSA) is 60.7 Å². The van der Waals surface area contributed by atoms with Gasteiger partial charge in [-0.05, 0) is 30.7 Å². The number of hydrogen-bond donors (Lipinski definition) is 3. The molecule has 20 heavy (non-hydrogen) atoms. The highest BCUT2D eigenvalue weighted by Crippen LogP contribution is 2.22. The van der Waals surface area contributed by atoms with Crippen LogP contribution in [-0.4, -0.2) is 16.5 Å². The van der Waals surface area contributed by atoms with Crippen molar-refractivity contribution in [3.8, 4) is 0 Å². The quantitative estimate of drug-likeness (QED) is 0.646. The highest BCUT2D eigenvalue weighted by Gasteiger charge is 2.11. The molecule has 0 radical (unpaired) electrons. The first-order valence-electron chi connectivity index (χ1n) is 7.70. The first kappa shape index (κ1) is 14.9. The summed E-state index contributed by atoms with van der Waals surface area (Å²) in [4.78, 5) is 16.9. The molecule has 0 saturated heterocycles. The maximum atomic E-state index is 11.3. The third-order valence-electron chi connectivity index (χ3n) is 3.74. The Morgan fingerprint density at radius 2 is 1.90 bits per heavy atom. The standard InChI is InChI=1S/C16H25N3O/c1-3-5-6-7-8-13(17-4-2)12-9-10-14-15(11-12)19-16(20)18-14/h9-11,13,17H,3-8H2,1-2H3,(H2,18,19,20). The summed E-state index contributed by atoms with van der Waals surface area (Å²) in [5.74, 6) is 0. The zero-order valence-electron chi connectivity index (χ0n) is 12.5. The van der Waals surface area contributed by atoms with Crippen LogP contribution >= 0.6 is 0 Å². The van der Waals surface area contributed by atoms with Gasteiger partial charge in [0.05, 0.1) is 11.0 Å². The number of aromatic nitrogens is 2. The molecule has 4 heteroatoms. The molecule has 0 saturated carbocycles. The maximum Gasteiger partial charge on any atom is 0.323 e. The van der Waals surface area contributed by atoms with Crippen molar-refractivity contribution in [3.05, 3.63) is 34.2 Å². The van der Waals surface area contributed by atoms with Gasteiger partial charge in [0.15, 0.2) is 0 Å². The van der Waals surface area contributed by atoms with Gasteiger partial charge in [-0.2, -0.15) is 0 Å². The van der Waals surface area contributed by atoms with Crippen LogP contribution < -0.4 is 11.0 Å². The van der Waals surface area contributed by atoms with Crippen LogP contribution in [0.25, 0.3) is 11.0 Å². The average Bonchev–Trinajstić information content (AvgIpc) is 2.81. The van der Waals surface area contributed by atoms with E-state index >= 15 is 0 Å². The summed E-state index contributed by atoms with van der Waals surface area (Å²) >= 11 is 0. The number of unbranched alkanes of at least 4 members (excludes halogenated alkanes) is 3. The fraction of sp³-hybridized carbons (Fsp3) is 0.562. The Hall–Kier alpha value is -1.55. The van der Waals surface area contributed by atoms with Gasteiger partial charge in [-0.3, -0.25) is 0 Å². The van der Waals surface area contributed by atoms with Crippen molar-refractivity contribution in [2.75, 3.05) is 6.54 Å². The minimum atomic E-state index is -0.139. The molecule has 1 unspecified atom stereocenters. The van der Waals surface area contributed by atoms with E-state index in [4.69, 9.17) is 0 Å². The van der Waals surface area contributed by atoms with E-state index in [0.29, 0.717) is 6.04 Å². The number of benzene rings is 1. The van der Waals surface area contributed by atoms with E-state index in [1.165, 1.54) is 31.2 Å². The number of rotatable bonds is 8. The Balaban J connectivity index is 2.10. The molecular formula is C16H25N3O. The molecule has 0 aliphatic heterocycles. The molecule has 1 aromatic carbocycles. The van der Waals surface area contributed by atoms with Gasteiger partial charge in [0.2, 0.25) is 0 Å². The number of H-pyrrole nitrogens is 2. The third-order valence-corrected chi connectivity index (χ3v) is 3.74. The fourth-order valence-electron chi connectivity index (χ4n) is 2.68. The Morgan fingerprint density at radius 3 is 2.65 bits per heavy atom. The molecule has 0 aliphatic rings. The molecule has 1 atom stereocenters. The molecule has 0 spiro atoms. The molecule has 0 bridgehead atoms. The Bertz CT molecular complexity index is 585. The first-order valence-corrected chi connectivity index (χ1v) is 7.70. The molecule has 2 rings (SSSR count). The lowest BCUT2D eigenvalue weighted by atomic mass is 9.99. The summed E-state index contributed by atoms with van der Waals surface area (Å²) < 4.78 is 0. The van der Waals surface area contributed by atoms with Gasteiger partial charge in [-0.25, -0.2) is 4.79 Å². The molecular weight excluding hydrogens is 250 g/mol. The van der Waals surface area contributed by atoms with Crippen molar-refractivity contribution in [1.29, 1.82) is 0 Å². The Morgan fingerprint density at radius 1 is 1.10 bits per heavy atom. The summed E-state index contributed by atoms with van der Waals surface area (Å²) in [6.45, 7) is 5.33. The van der Waals surface area contributed by atoms with E-state index in [1.54, 1.807) is 0 Å². The second kappa shape index (κ2) is 7.29. The van der Waals surface area contributed by atoms with Crippen molar-refractivity contribution in [1.82, 2.24) is 15.3 Å². The lowest BCUT2D eigenvalue weighted by molar-refractivity contribution is 0.482. The van der Waals surface area contributed by atoms with Crippen LogP contribution in [-0.2, 0) is 0 Å². The number of aromatic amines is 2. The lowest BCUT2D eigenvalue weighted by Crippen LogP contribution is -2.20. The van der Waals surface area contributed by atoms with Crippen molar-refractivity contribution in [2.24, 2.45) is 0 Å². The number of hydrogen-bond acceptors (Lipinski definition) is 2. The maximum absolute atomic E-state index is 11.3. The molecule has 0 amide bonds. The van der Waals surface area contributed by atoms with Crippen molar-refractivity contribution >= 4 is 11.0 Å². The van der Waals surface area contributed by atoms with E-state index in [9.17, 15) is 4.79 Å². The van der Waals surface area contributed by atoms with E-state index < -0.39 is 0 Å². The van der Waals surface area contributed by atoms with Gasteiger partial charge >= 0.3 is 5.69 Å². The first-order chi connectivity index (χ1) is 9.74. The molecule has 4 nitrogen and oxygen atoms in total. The predicted molar refractivity (Wildman–Crippen MR) is 84.1 cm³/mol. The SMILES string of the molecule is CCCCCCC(NCC)c1ccc2[nH]c(=O)[nH]c2c1. The summed E-state index contributed by atoms with van der Waals surface area (Å²) in [5, 5.41) is 3.55. The summed E-state index contributed by atoms with van der Waals surface area (Å²) in [5.41, 5.74) is 2.88. The minimum absolute atomic E-state index is 0.139. The van der Waals surface area contributed by atoms with Gasteiger partial charge in [0.25, 0.3) is 0 Å². The molecule has 110 valence electrons. The largest absolute Gasteiger partial charge is 0.323 e. The molecule has 3 N–H and O–H groups in total. The summed E-state index contributed by atoms with van der Waals surface area (Å²) in [6, 6.07) is 6.55. The average molecular weight is 275 g/mol. The molecule has 0 aliphatic carbocycles. The predicted octanol–water partition coefficient (Wildman–Crippen LogP) is 3.48. The Kier molecular flexibility index (Phi) is 5.41. The van der Waals surface area contributed by atoms with Crippen LogP contribution in [0.15, 0.2) is 23.0 Å². The van der Waals surface area contributed by atoms with Crippen LogP contribution in [0.5, 0.6) is 0 Å². The zero-order chi connectivity index (χ0) is 14.4. The molecule has 1 aromatic heterocycles. The number of imidazole rings is 1. The smallest absolute Gasteiger partial charge is 0.310 e. The molecule has 2 aromatic rings. The second-order valence-corrected chi connectivity index (χ2v) is 5.34. The highest BCUT2D eigenvalue weighted by molar-refractivity contribution is 5.75. The lowest BCUT2D eigenvalue weighted by Gasteiger charge is -2.18. The normalized spacial score (nSPS) is 12.9. The monoisotopic (exact) mass is 275 g/mol. The van der Waals surface area contributed by atoms with Crippen LogP contribution in [0, 0.1) is 0 Å². The van der Waals surface area contributed by atoms with Gasteiger partial charge < -0.3 is 15.3 Å². The number of nitrogens with one attached hydrogen (secondary N) is 3. The summed E-state index contributed by atoms with van der Waals surface area (Å²) in [7, 11) is 0. The minimum Gasteiger partial charge on any atom is -0.310 e. The van der Waals surface area contributed by atoms with Crippen molar-refractivity contribution in [2.45, 2.75) is 52.0 Å². The van der Waals surface area contributed by atoms with E-state index in [0.717, 1.165) is 24.0 Å². The van der Waals surface area contributed by atoms with Gasteiger partial charge in [0, 0.05) is 6.04 Å². The summed E-state index contributed by atoms with van der Waals surface area (Å²) in [6.07, 6.45) is 6.26. The Labute approximate surface area is 120 Å². The fourth-order valence-corrected chi connectivity index (χ4v) is 2.68. The van der Waals surface area contributed by atoms with E-state index in [-0.39, 0.29) is 5.69 Å². The van der Waals surface area contributed by atoms with Crippen molar-refractivity contribution < 1.29 is 0 Å². The van der Waals surface area contributed by atoms with E-state index in [1.807, 2.05) is 6.07 Å². The van der Waals surface area contributed by atoms with Crippen LogP contribution in [0.1, 0.15) is 57.6 Å². The zero-order valence-corrected chi connectivity index (χ0v) is 12.5. The van der Waals surface area contributed by atoms with Crippen molar-refractivity contribution in [3.63, 3.8) is 0 Å². The second-order valence-electron chi connectivity index (χ2n) is 5.34. The third kappa shape index (κ3) is 3.73. The van der Waals surface area contributed by atoms with Gasteiger partial charge in [-0.1, -0.05) is 45.6 Å².